The van der Waals surface area contributed by atoms with Crippen LogP contribution in [0.4, 0.5) is 0 Å². The molecule has 0 aromatic carbocycles. The maximum absolute atomic E-state index is 11.9. The predicted octanol–water partition coefficient (Wildman–Crippen LogP) is 2.04. The van der Waals surface area contributed by atoms with Gasteiger partial charge in [-0.05, 0) is 38.5 Å². The minimum absolute atomic E-state index is 0.00625. The lowest BCUT2D eigenvalue weighted by Crippen LogP contribution is -2.46. The Bertz CT molecular complexity index is 504. The fourth-order valence-corrected chi connectivity index (χ4v) is 2.76. The lowest BCUT2D eigenvalue weighted by Gasteiger charge is -2.39. The standard InChI is InChI=1S/C14H23NO3.C7H10O2/c1-2-3-4-5-6-13(18)15-9-7-14(11-16,12-17)8-10-15;1-2-3-4-5-6-7(8)9/h1,16-17H,3-12H2;1H,3-6H2,(H,8,9). The van der Waals surface area contributed by atoms with Crippen molar-refractivity contribution in [2.24, 2.45) is 5.41 Å². The van der Waals surface area contributed by atoms with Crippen LogP contribution in [0.2, 0.25) is 0 Å². The quantitative estimate of drug-likeness (QED) is 0.399. The van der Waals surface area contributed by atoms with Crippen LogP contribution in [0.3, 0.4) is 0 Å². The SMILES string of the molecule is C#CCCCCC(=O)N1CCC(CO)(CO)CC1.C#CCCCCC(=O)O. The average molecular weight is 379 g/mol. The van der Waals surface area contributed by atoms with Gasteiger partial charge in [0.05, 0.1) is 13.2 Å². The first kappa shape index (κ1) is 25.0. The van der Waals surface area contributed by atoms with Gasteiger partial charge in [-0.25, -0.2) is 0 Å². The Morgan fingerprint density at radius 1 is 0.889 bits per heavy atom. The maximum atomic E-state index is 11.9. The van der Waals surface area contributed by atoms with Crippen molar-refractivity contribution in [2.75, 3.05) is 26.3 Å². The molecule has 1 aliphatic rings. The van der Waals surface area contributed by atoms with Crippen molar-refractivity contribution in [3.05, 3.63) is 0 Å². The Hall–Kier alpha value is -2.02. The second-order valence-corrected chi connectivity index (χ2v) is 6.91. The van der Waals surface area contributed by atoms with Crippen LogP contribution in [0.15, 0.2) is 0 Å². The number of carboxylic acid groups (broad SMARTS) is 1. The Labute approximate surface area is 163 Å². The molecule has 0 bridgehead atoms. The van der Waals surface area contributed by atoms with E-state index >= 15 is 0 Å². The number of aliphatic carboxylic acids is 1. The average Bonchev–Trinajstić information content (AvgIpc) is 2.69. The smallest absolute Gasteiger partial charge is 0.303 e. The third-order valence-electron chi connectivity index (χ3n) is 4.77. The van der Waals surface area contributed by atoms with Crippen molar-refractivity contribution in [3.63, 3.8) is 0 Å². The zero-order valence-electron chi connectivity index (χ0n) is 16.2. The minimum Gasteiger partial charge on any atom is -0.481 e. The Morgan fingerprint density at radius 3 is 1.78 bits per heavy atom. The summed E-state index contributed by atoms with van der Waals surface area (Å²) >= 11 is 0. The van der Waals surface area contributed by atoms with Crippen LogP contribution in [-0.4, -0.2) is 58.4 Å². The van der Waals surface area contributed by atoms with Crippen LogP contribution in [0.25, 0.3) is 0 Å². The highest BCUT2D eigenvalue weighted by molar-refractivity contribution is 5.76. The molecular weight excluding hydrogens is 346 g/mol. The van der Waals surface area contributed by atoms with Gasteiger partial charge >= 0.3 is 5.97 Å². The third-order valence-corrected chi connectivity index (χ3v) is 4.77. The summed E-state index contributed by atoms with van der Waals surface area (Å²) in [5.74, 6) is 4.43. The Balaban J connectivity index is 0.000000636. The van der Waals surface area contributed by atoms with Crippen molar-refractivity contribution >= 4 is 11.9 Å². The first-order chi connectivity index (χ1) is 12.9. The summed E-state index contributed by atoms with van der Waals surface area (Å²) in [7, 11) is 0. The van der Waals surface area contributed by atoms with Crippen molar-refractivity contribution in [1.29, 1.82) is 0 Å². The number of carbonyl (C=O) groups excluding carboxylic acids is 1. The number of unbranched alkanes of at least 4 members (excludes halogenated alkanes) is 4. The van der Waals surface area contributed by atoms with E-state index in [0.29, 0.717) is 45.2 Å². The molecule has 0 unspecified atom stereocenters. The highest BCUT2D eigenvalue weighted by atomic mass is 16.4. The van der Waals surface area contributed by atoms with Crippen molar-refractivity contribution in [1.82, 2.24) is 4.90 Å². The molecule has 0 saturated carbocycles. The van der Waals surface area contributed by atoms with E-state index in [-0.39, 0.29) is 31.0 Å². The van der Waals surface area contributed by atoms with E-state index in [1.165, 1.54) is 0 Å². The number of hydrogen-bond acceptors (Lipinski definition) is 4. The van der Waals surface area contributed by atoms with Crippen LogP contribution >= 0.6 is 0 Å². The van der Waals surface area contributed by atoms with Crippen molar-refractivity contribution in [3.8, 4) is 24.7 Å². The molecule has 0 spiro atoms. The molecule has 1 amide bonds. The number of aliphatic hydroxyl groups is 2. The second-order valence-electron chi connectivity index (χ2n) is 6.91. The number of piperidine rings is 1. The molecule has 1 saturated heterocycles. The molecule has 0 aromatic heterocycles. The summed E-state index contributed by atoms with van der Waals surface area (Å²) in [5.41, 5.74) is -0.389. The fourth-order valence-electron chi connectivity index (χ4n) is 2.76. The third kappa shape index (κ3) is 11.3. The normalized spacial score (nSPS) is 15.0. The highest BCUT2D eigenvalue weighted by Crippen LogP contribution is 2.30. The first-order valence-corrected chi connectivity index (χ1v) is 9.53. The van der Waals surface area contributed by atoms with E-state index in [1.54, 1.807) is 0 Å². The zero-order chi connectivity index (χ0) is 20.5. The molecule has 0 aromatic rings. The fraction of sp³-hybridized carbons (Fsp3) is 0.714. The molecule has 6 nitrogen and oxygen atoms in total. The molecule has 6 heteroatoms. The monoisotopic (exact) mass is 379 g/mol. The highest BCUT2D eigenvalue weighted by Gasteiger charge is 2.34. The molecule has 0 radical (unpaired) electrons. The first-order valence-electron chi connectivity index (χ1n) is 9.53. The molecule has 1 fully saturated rings. The molecule has 152 valence electrons. The summed E-state index contributed by atoms with van der Waals surface area (Å²) in [6.07, 6.45) is 16.9. The van der Waals surface area contributed by atoms with Crippen molar-refractivity contribution < 1.29 is 24.9 Å². The molecule has 1 aliphatic heterocycles. The molecule has 3 N–H and O–H groups in total. The van der Waals surface area contributed by atoms with Gasteiger partial charge in [0, 0.05) is 44.2 Å². The number of terminal acetylenes is 2. The zero-order valence-corrected chi connectivity index (χ0v) is 16.2. The largest absolute Gasteiger partial charge is 0.481 e. The maximum Gasteiger partial charge on any atom is 0.303 e. The lowest BCUT2D eigenvalue weighted by molar-refractivity contribution is -0.137. The van der Waals surface area contributed by atoms with Gasteiger partial charge in [-0.15, -0.1) is 24.7 Å². The number of likely N-dealkylation sites (tertiary alicyclic amines) is 1. The van der Waals surface area contributed by atoms with Gasteiger partial charge in [-0.2, -0.15) is 0 Å². The van der Waals surface area contributed by atoms with Crippen LogP contribution in [-0.2, 0) is 9.59 Å². The van der Waals surface area contributed by atoms with Crippen LogP contribution in [0.5, 0.6) is 0 Å². The predicted molar refractivity (Wildman–Crippen MR) is 105 cm³/mol. The van der Waals surface area contributed by atoms with E-state index in [2.05, 4.69) is 11.8 Å². The van der Waals surface area contributed by atoms with E-state index in [9.17, 15) is 19.8 Å². The van der Waals surface area contributed by atoms with E-state index < -0.39 is 5.97 Å². The van der Waals surface area contributed by atoms with E-state index in [1.807, 2.05) is 4.90 Å². The minimum atomic E-state index is -0.743. The van der Waals surface area contributed by atoms with E-state index in [4.69, 9.17) is 18.0 Å². The summed E-state index contributed by atoms with van der Waals surface area (Å²) in [5, 5.41) is 26.7. The van der Waals surface area contributed by atoms with E-state index in [0.717, 1.165) is 25.7 Å². The number of nitrogens with zero attached hydrogens (tertiary/aromatic N) is 1. The van der Waals surface area contributed by atoms with Gasteiger partial charge in [-0.1, -0.05) is 0 Å². The summed E-state index contributed by atoms with van der Waals surface area (Å²) < 4.78 is 0. The topological polar surface area (TPSA) is 98.1 Å². The summed E-state index contributed by atoms with van der Waals surface area (Å²) in [6.45, 7) is 1.26. The number of amides is 1. The van der Waals surface area contributed by atoms with Crippen molar-refractivity contribution in [2.45, 2.75) is 64.2 Å². The molecule has 0 aliphatic carbocycles. The number of carbonyl (C=O) groups is 2. The van der Waals surface area contributed by atoms with Gasteiger partial charge in [0.1, 0.15) is 0 Å². The van der Waals surface area contributed by atoms with Gasteiger partial charge in [0.15, 0.2) is 0 Å². The van der Waals surface area contributed by atoms with Gasteiger partial charge < -0.3 is 20.2 Å². The Kier molecular flexibility index (Phi) is 14.0. The number of carboxylic acids is 1. The molecular formula is C21H33NO5. The van der Waals surface area contributed by atoms with Crippen LogP contribution in [0, 0.1) is 30.1 Å². The number of rotatable bonds is 10. The van der Waals surface area contributed by atoms with Gasteiger partial charge in [0.2, 0.25) is 5.91 Å². The summed E-state index contributed by atoms with van der Waals surface area (Å²) in [6, 6.07) is 0. The Morgan fingerprint density at radius 2 is 1.37 bits per heavy atom. The van der Waals surface area contributed by atoms with Crippen LogP contribution in [0.1, 0.15) is 64.2 Å². The number of hydrogen-bond donors (Lipinski definition) is 3. The second kappa shape index (κ2) is 15.1. The molecule has 0 atom stereocenters. The van der Waals surface area contributed by atoms with Gasteiger partial charge in [0.25, 0.3) is 0 Å². The lowest BCUT2D eigenvalue weighted by atomic mass is 9.80. The summed E-state index contributed by atoms with van der Waals surface area (Å²) in [4.78, 5) is 23.6. The molecule has 1 heterocycles. The molecule has 1 rings (SSSR count). The molecule has 27 heavy (non-hydrogen) atoms. The van der Waals surface area contributed by atoms with Gasteiger partial charge in [-0.3, -0.25) is 9.59 Å². The number of aliphatic hydroxyl groups excluding tert-OH is 2. The van der Waals surface area contributed by atoms with Crippen LogP contribution < -0.4 is 0 Å².